The van der Waals surface area contributed by atoms with Gasteiger partial charge < -0.3 is 25.5 Å². The van der Waals surface area contributed by atoms with E-state index in [4.69, 9.17) is 4.74 Å². The van der Waals surface area contributed by atoms with Crippen molar-refractivity contribution in [1.29, 1.82) is 0 Å². The van der Waals surface area contributed by atoms with Gasteiger partial charge in [0.25, 0.3) is 11.8 Å². The van der Waals surface area contributed by atoms with Crippen LogP contribution in [0.5, 0.6) is 0 Å². The Bertz CT molecular complexity index is 786. The smallest absolute Gasteiger partial charge is 0.277 e. The molecule has 0 unspecified atom stereocenters. The molecule has 0 bridgehead atoms. The maximum atomic E-state index is 12.7. The van der Waals surface area contributed by atoms with Gasteiger partial charge in [0.05, 0.1) is 0 Å². The molecule has 1 aromatic heterocycles. The largest absolute Gasteiger partial charge is 0.391 e. The van der Waals surface area contributed by atoms with Crippen molar-refractivity contribution in [2.24, 2.45) is 0 Å². The van der Waals surface area contributed by atoms with Crippen LogP contribution in [-0.2, 0) is 20.7 Å². The van der Waals surface area contributed by atoms with Gasteiger partial charge in [0.15, 0.2) is 4.87 Å². The van der Waals surface area contributed by atoms with Gasteiger partial charge in [0, 0.05) is 30.6 Å². The Balaban J connectivity index is 1.95. The number of nitrogens with one attached hydrogen (secondary N) is 3. The van der Waals surface area contributed by atoms with Crippen LogP contribution in [0.1, 0.15) is 5.56 Å². The highest BCUT2D eigenvalue weighted by Crippen LogP contribution is 2.32. The second-order valence-corrected chi connectivity index (χ2v) is 6.77. The summed E-state index contributed by atoms with van der Waals surface area (Å²) >= 11 is 1.24. The zero-order chi connectivity index (χ0) is 17.4. The number of aliphatic hydroxyl groups is 1. The Morgan fingerprint density at radius 2 is 1.96 bits per heavy atom. The average molecular weight is 349 g/mol. The van der Waals surface area contributed by atoms with Gasteiger partial charge in [-0.1, -0.05) is 18.2 Å². The molecule has 8 heteroatoms. The molecule has 3 rings (SSSR count). The van der Waals surface area contributed by atoms with E-state index in [2.05, 4.69) is 15.6 Å². The first-order chi connectivity index (χ1) is 11.5. The van der Waals surface area contributed by atoms with E-state index < -0.39 is 29.0 Å². The average Bonchev–Trinajstić information content (AvgIpc) is 3.01. The van der Waals surface area contributed by atoms with Gasteiger partial charge in [-0.05, 0) is 17.9 Å². The van der Waals surface area contributed by atoms with Crippen LogP contribution in [-0.4, -0.2) is 52.5 Å². The number of ether oxygens (including phenoxy) is 1. The number of methoxy groups -OCH3 is 1. The van der Waals surface area contributed by atoms with Gasteiger partial charge in [0.2, 0.25) is 5.72 Å². The van der Waals surface area contributed by atoms with Crippen molar-refractivity contribution in [2.75, 3.05) is 20.0 Å². The highest BCUT2D eigenvalue weighted by Gasteiger charge is 2.54. The Morgan fingerprint density at radius 1 is 1.21 bits per heavy atom. The van der Waals surface area contributed by atoms with E-state index in [0.29, 0.717) is 6.42 Å². The second-order valence-electron chi connectivity index (χ2n) is 5.66. The number of rotatable bonds is 5. The van der Waals surface area contributed by atoms with E-state index in [1.165, 1.54) is 18.9 Å². The molecule has 0 aliphatic carbocycles. The van der Waals surface area contributed by atoms with Gasteiger partial charge in [-0.15, -0.1) is 11.8 Å². The summed E-state index contributed by atoms with van der Waals surface area (Å²) in [6, 6.07) is 7.76. The van der Waals surface area contributed by atoms with Gasteiger partial charge in [-0.2, -0.15) is 0 Å². The zero-order valence-corrected chi connectivity index (χ0v) is 14.2. The minimum absolute atomic E-state index is 0.307. The fraction of sp³-hybridized carbons (Fsp3) is 0.375. The number of carbonyl (C=O) groups is 2. The Hall–Kier alpha value is -2.03. The fourth-order valence-electron chi connectivity index (χ4n) is 2.89. The Morgan fingerprint density at radius 3 is 2.62 bits per heavy atom. The molecule has 2 heterocycles. The van der Waals surface area contributed by atoms with Crippen molar-refractivity contribution in [3.8, 4) is 0 Å². The second kappa shape index (κ2) is 6.12. The number of hydrogen-bond donors (Lipinski definition) is 4. The summed E-state index contributed by atoms with van der Waals surface area (Å²) < 4.78 is 5.04. The summed E-state index contributed by atoms with van der Waals surface area (Å²) in [4.78, 5) is 27.2. The van der Waals surface area contributed by atoms with Gasteiger partial charge in [0.1, 0.15) is 6.61 Å². The Kier molecular flexibility index (Phi) is 4.29. The predicted molar refractivity (Wildman–Crippen MR) is 91.4 cm³/mol. The van der Waals surface area contributed by atoms with Crippen molar-refractivity contribution in [3.05, 3.63) is 36.0 Å². The van der Waals surface area contributed by atoms with E-state index in [0.717, 1.165) is 16.5 Å². The summed E-state index contributed by atoms with van der Waals surface area (Å²) in [5.74, 6) is -0.975. The van der Waals surface area contributed by atoms with Crippen LogP contribution >= 0.6 is 11.8 Å². The monoisotopic (exact) mass is 349 g/mol. The number of hydrogen-bond acceptors (Lipinski definition) is 5. The molecule has 2 atom stereocenters. The van der Waals surface area contributed by atoms with Crippen LogP contribution in [0.15, 0.2) is 30.5 Å². The van der Waals surface area contributed by atoms with Crippen molar-refractivity contribution >= 4 is 34.5 Å². The molecule has 7 nitrogen and oxygen atoms in total. The van der Waals surface area contributed by atoms with E-state index >= 15 is 0 Å². The van der Waals surface area contributed by atoms with Crippen LogP contribution < -0.4 is 10.6 Å². The third-order valence-corrected chi connectivity index (χ3v) is 5.53. The van der Waals surface area contributed by atoms with Crippen LogP contribution in [0.2, 0.25) is 0 Å². The van der Waals surface area contributed by atoms with Crippen molar-refractivity contribution in [3.63, 3.8) is 0 Å². The highest BCUT2D eigenvalue weighted by atomic mass is 32.2. The molecular formula is C16H19N3O4S. The van der Waals surface area contributed by atoms with Gasteiger partial charge in [-0.25, -0.2) is 0 Å². The number of aromatic nitrogens is 1. The molecule has 0 spiro atoms. The Labute approximate surface area is 143 Å². The molecule has 1 fully saturated rings. The molecule has 1 aromatic carbocycles. The summed E-state index contributed by atoms with van der Waals surface area (Å²) in [7, 11) is 1.27. The number of piperazine rings is 1. The standard InChI is InChI=1S/C16H19N3O4S/c1-23-15(9-20)13(21)19-16(24-2,14(22)18-15)7-10-8-17-12-6-4-3-5-11(10)12/h3-6,8,17,20H,7,9H2,1-2H3,(H,18,22)(H,19,21)/t15-,16-/m0/s1. The van der Waals surface area contributed by atoms with E-state index in [9.17, 15) is 14.7 Å². The number of aromatic amines is 1. The number of H-pyrrole nitrogens is 1. The summed E-state index contributed by atoms with van der Waals surface area (Å²) in [5, 5.41) is 15.7. The number of fused-ring (bicyclic) bond motifs is 1. The first-order valence-corrected chi connectivity index (χ1v) is 8.64. The maximum absolute atomic E-state index is 12.7. The summed E-state index contributed by atoms with van der Waals surface area (Å²) in [6.07, 6.45) is 3.90. The summed E-state index contributed by atoms with van der Waals surface area (Å²) in [5.41, 5.74) is 0.147. The molecule has 1 saturated heterocycles. The molecule has 1 aliphatic heterocycles. The van der Waals surface area contributed by atoms with E-state index in [1.54, 1.807) is 6.26 Å². The molecule has 24 heavy (non-hydrogen) atoms. The van der Waals surface area contributed by atoms with Crippen LogP contribution in [0.3, 0.4) is 0 Å². The SMILES string of the molecule is CO[C@]1(CO)NC(=O)[C@](Cc2c[nH]c3ccccc23)(SC)NC1=O. The first-order valence-electron chi connectivity index (χ1n) is 7.41. The van der Waals surface area contributed by atoms with Crippen molar-refractivity contribution in [2.45, 2.75) is 17.0 Å². The molecule has 4 N–H and O–H groups in total. The highest BCUT2D eigenvalue weighted by molar-refractivity contribution is 8.00. The molecular weight excluding hydrogens is 330 g/mol. The quantitative estimate of drug-likeness (QED) is 0.624. The zero-order valence-electron chi connectivity index (χ0n) is 13.4. The lowest BCUT2D eigenvalue weighted by atomic mass is 9.99. The van der Waals surface area contributed by atoms with Crippen LogP contribution in [0.25, 0.3) is 10.9 Å². The minimum Gasteiger partial charge on any atom is -0.391 e. The van der Waals surface area contributed by atoms with Crippen molar-refractivity contribution < 1.29 is 19.4 Å². The number of thioether (sulfide) groups is 1. The molecule has 2 amide bonds. The van der Waals surface area contributed by atoms with Gasteiger partial charge >= 0.3 is 0 Å². The number of benzene rings is 1. The molecule has 0 saturated carbocycles. The number of carbonyl (C=O) groups excluding carboxylic acids is 2. The molecule has 1 aliphatic rings. The lowest BCUT2D eigenvalue weighted by Crippen LogP contribution is -2.76. The molecule has 128 valence electrons. The third-order valence-electron chi connectivity index (χ3n) is 4.40. The fourth-order valence-corrected chi connectivity index (χ4v) is 3.62. The van der Waals surface area contributed by atoms with E-state index in [1.807, 2.05) is 30.5 Å². The number of amides is 2. The molecule has 2 aromatic rings. The lowest BCUT2D eigenvalue weighted by Gasteiger charge is -2.43. The topological polar surface area (TPSA) is 103 Å². The first kappa shape index (κ1) is 16.8. The third kappa shape index (κ3) is 2.47. The van der Waals surface area contributed by atoms with Crippen molar-refractivity contribution in [1.82, 2.24) is 15.6 Å². The predicted octanol–water partition coefficient (Wildman–Crippen LogP) is 0.351. The van der Waals surface area contributed by atoms with Gasteiger partial charge in [-0.3, -0.25) is 9.59 Å². The van der Waals surface area contributed by atoms with E-state index in [-0.39, 0.29) is 0 Å². The normalized spacial score (nSPS) is 27.1. The van der Waals surface area contributed by atoms with Crippen LogP contribution in [0.4, 0.5) is 0 Å². The number of para-hydroxylation sites is 1. The lowest BCUT2D eigenvalue weighted by molar-refractivity contribution is -0.168. The summed E-state index contributed by atoms with van der Waals surface area (Å²) in [6.45, 7) is -0.640. The number of aliphatic hydroxyl groups excluding tert-OH is 1. The van der Waals surface area contributed by atoms with Crippen LogP contribution in [0, 0.1) is 0 Å². The molecule has 0 radical (unpaired) electrons. The maximum Gasteiger partial charge on any atom is 0.277 e. The minimum atomic E-state index is -1.74.